The minimum Gasteiger partial charge on any atom is -0.299 e. The van der Waals surface area contributed by atoms with Gasteiger partial charge in [-0.3, -0.25) is 14.4 Å². The van der Waals surface area contributed by atoms with E-state index in [1.54, 1.807) is 6.92 Å². The van der Waals surface area contributed by atoms with Crippen LogP contribution in [0.3, 0.4) is 0 Å². The quantitative estimate of drug-likeness (QED) is 0.630. The van der Waals surface area contributed by atoms with Gasteiger partial charge in [-0.2, -0.15) is 0 Å². The molecule has 0 aromatic heterocycles. The number of carbonyl (C=O) groups is 3. The van der Waals surface area contributed by atoms with Gasteiger partial charge in [-0.15, -0.1) is 0 Å². The summed E-state index contributed by atoms with van der Waals surface area (Å²) >= 11 is 0. The minimum atomic E-state index is -0.0715. The van der Waals surface area contributed by atoms with E-state index in [0.717, 1.165) is 34.2 Å². The Morgan fingerprint density at radius 1 is 1.00 bits per heavy atom. The topological polar surface area (TPSA) is 51.2 Å². The van der Waals surface area contributed by atoms with E-state index < -0.39 is 0 Å². The van der Waals surface area contributed by atoms with Gasteiger partial charge < -0.3 is 0 Å². The first-order chi connectivity index (χ1) is 10.3. The van der Waals surface area contributed by atoms with Gasteiger partial charge in [-0.25, -0.2) is 0 Å². The molecule has 0 saturated heterocycles. The van der Waals surface area contributed by atoms with Crippen molar-refractivity contribution in [1.82, 2.24) is 0 Å². The standard InChI is InChI=1S/C19H24O3/c1-6-17-10(2)18(13(5)20)12(4)19(11(17)3)14-7-15(21)9-16(22)8-14/h14H,6-9H2,1-5H3. The molecule has 1 aliphatic rings. The van der Waals surface area contributed by atoms with Gasteiger partial charge in [-0.05, 0) is 67.9 Å². The fourth-order valence-electron chi connectivity index (χ4n) is 4.15. The minimum absolute atomic E-state index is 0.0167. The third-order valence-corrected chi connectivity index (χ3v) is 4.92. The van der Waals surface area contributed by atoms with Crippen LogP contribution in [0.4, 0.5) is 0 Å². The third-order valence-electron chi connectivity index (χ3n) is 4.92. The summed E-state index contributed by atoms with van der Waals surface area (Å²) in [4.78, 5) is 35.8. The zero-order valence-electron chi connectivity index (χ0n) is 14.1. The van der Waals surface area contributed by atoms with Crippen molar-refractivity contribution in [2.45, 2.75) is 66.2 Å². The lowest BCUT2D eigenvalue weighted by molar-refractivity contribution is -0.130. The fourth-order valence-corrected chi connectivity index (χ4v) is 4.15. The normalized spacial score (nSPS) is 16.2. The summed E-state index contributed by atoms with van der Waals surface area (Å²) in [7, 11) is 0. The van der Waals surface area contributed by atoms with E-state index in [9.17, 15) is 14.4 Å². The van der Waals surface area contributed by atoms with Gasteiger partial charge in [0.25, 0.3) is 0 Å². The van der Waals surface area contributed by atoms with E-state index in [4.69, 9.17) is 0 Å². The maximum absolute atomic E-state index is 12.1. The predicted octanol–water partition coefficient (Wildman–Crippen LogP) is 3.78. The van der Waals surface area contributed by atoms with Gasteiger partial charge in [-0.1, -0.05) is 6.92 Å². The van der Waals surface area contributed by atoms with Crippen molar-refractivity contribution in [2.75, 3.05) is 0 Å². The smallest absolute Gasteiger partial charge is 0.160 e. The van der Waals surface area contributed by atoms with E-state index in [2.05, 4.69) is 13.8 Å². The third kappa shape index (κ3) is 2.77. The highest BCUT2D eigenvalue weighted by atomic mass is 16.1. The van der Waals surface area contributed by atoms with Crippen LogP contribution in [0.1, 0.15) is 77.2 Å². The van der Waals surface area contributed by atoms with Gasteiger partial charge in [0.1, 0.15) is 11.6 Å². The van der Waals surface area contributed by atoms with Crippen LogP contribution < -0.4 is 0 Å². The number of hydrogen-bond acceptors (Lipinski definition) is 3. The number of benzene rings is 1. The van der Waals surface area contributed by atoms with Crippen LogP contribution in [-0.2, 0) is 16.0 Å². The first kappa shape index (κ1) is 16.6. The molecule has 0 N–H and O–H groups in total. The Morgan fingerprint density at radius 3 is 2.00 bits per heavy atom. The van der Waals surface area contributed by atoms with E-state index in [-0.39, 0.29) is 29.7 Å². The molecule has 1 aromatic rings. The van der Waals surface area contributed by atoms with Crippen molar-refractivity contribution in [2.24, 2.45) is 0 Å². The molecule has 0 unspecified atom stereocenters. The van der Waals surface area contributed by atoms with Gasteiger partial charge in [0.2, 0.25) is 0 Å². The number of ketones is 3. The first-order valence-electron chi connectivity index (χ1n) is 7.94. The summed E-state index contributed by atoms with van der Waals surface area (Å²) in [6.45, 7) is 9.67. The lowest BCUT2D eigenvalue weighted by Gasteiger charge is -2.28. The Balaban J connectivity index is 2.69. The van der Waals surface area contributed by atoms with E-state index in [1.807, 2.05) is 13.8 Å². The first-order valence-corrected chi connectivity index (χ1v) is 7.94. The molecule has 0 bridgehead atoms. The molecule has 1 saturated carbocycles. The van der Waals surface area contributed by atoms with Crippen molar-refractivity contribution in [3.8, 4) is 0 Å². The number of Topliss-reactive ketones (excluding diaryl/α,β-unsaturated/α-hetero) is 3. The highest BCUT2D eigenvalue weighted by molar-refractivity contribution is 6.03. The molecule has 0 radical (unpaired) electrons. The predicted molar refractivity (Wildman–Crippen MR) is 86.6 cm³/mol. The summed E-state index contributed by atoms with van der Waals surface area (Å²) < 4.78 is 0. The zero-order chi connectivity index (χ0) is 16.6. The molecule has 0 aliphatic heterocycles. The zero-order valence-corrected chi connectivity index (χ0v) is 14.1. The van der Waals surface area contributed by atoms with Crippen molar-refractivity contribution < 1.29 is 14.4 Å². The molecule has 1 aliphatic carbocycles. The monoisotopic (exact) mass is 300 g/mol. The van der Waals surface area contributed by atoms with Crippen molar-refractivity contribution in [3.63, 3.8) is 0 Å². The lowest BCUT2D eigenvalue weighted by Crippen LogP contribution is -2.24. The van der Waals surface area contributed by atoms with Crippen molar-refractivity contribution in [3.05, 3.63) is 33.4 Å². The van der Waals surface area contributed by atoms with Crippen LogP contribution in [0.25, 0.3) is 0 Å². The van der Waals surface area contributed by atoms with Gasteiger partial charge in [0, 0.05) is 18.4 Å². The Morgan fingerprint density at radius 2 is 1.55 bits per heavy atom. The van der Waals surface area contributed by atoms with Gasteiger partial charge >= 0.3 is 0 Å². The van der Waals surface area contributed by atoms with Crippen LogP contribution in [0.15, 0.2) is 0 Å². The van der Waals surface area contributed by atoms with Crippen LogP contribution >= 0.6 is 0 Å². The molecule has 0 spiro atoms. The molecule has 3 heteroatoms. The molecule has 0 atom stereocenters. The highest BCUT2D eigenvalue weighted by Crippen LogP contribution is 2.38. The molecular weight excluding hydrogens is 276 g/mol. The second-order valence-corrected chi connectivity index (χ2v) is 6.41. The average molecular weight is 300 g/mol. The average Bonchev–Trinajstić information content (AvgIpc) is 2.37. The van der Waals surface area contributed by atoms with Gasteiger partial charge in [0.15, 0.2) is 5.78 Å². The second kappa shape index (κ2) is 6.15. The molecule has 1 aromatic carbocycles. The molecular formula is C19H24O3. The molecule has 2 rings (SSSR count). The number of hydrogen-bond donors (Lipinski definition) is 0. The van der Waals surface area contributed by atoms with Crippen LogP contribution in [0, 0.1) is 20.8 Å². The lowest BCUT2D eigenvalue weighted by atomic mass is 9.75. The summed E-state index contributed by atoms with van der Waals surface area (Å²) in [5.41, 5.74) is 6.14. The second-order valence-electron chi connectivity index (χ2n) is 6.41. The molecule has 22 heavy (non-hydrogen) atoms. The summed E-state index contributed by atoms with van der Waals surface area (Å²) in [6.07, 6.45) is 1.74. The molecule has 1 fully saturated rings. The van der Waals surface area contributed by atoms with E-state index >= 15 is 0 Å². The van der Waals surface area contributed by atoms with Gasteiger partial charge in [0.05, 0.1) is 6.42 Å². The molecule has 3 nitrogen and oxygen atoms in total. The number of carbonyl (C=O) groups excluding carboxylic acids is 3. The Labute approximate surface area is 132 Å². The SMILES string of the molecule is CCc1c(C)c(C(C)=O)c(C)c(C2CC(=O)CC(=O)C2)c1C. The van der Waals surface area contributed by atoms with Crippen molar-refractivity contribution in [1.29, 1.82) is 0 Å². The Hall–Kier alpha value is -1.77. The fraction of sp³-hybridized carbons (Fsp3) is 0.526. The van der Waals surface area contributed by atoms with E-state index in [0.29, 0.717) is 12.8 Å². The Kier molecular flexibility index (Phi) is 4.64. The summed E-state index contributed by atoms with van der Waals surface area (Å²) in [6, 6.07) is 0. The Bertz CT molecular complexity index is 652. The van der Waals surface area contributed by atoms with Crippen LogP contribution in [0.5, 0.6) is 0 Å². The molecule has 0 heterocycles. The maximum atomic E-state index is 12.1. The molecule has 118 valence electrons. The van der Waals surface area contributed by atoms with Crippen LogP contribution in [-0.4, -0.2) is 17.3 Å². The van der Waals surface area contributed by atoms with Crippen LogP contribution in [0.2, 0.25) is 0 Å². The maximum Gasteiger partial charge on any atom is 0.160 e. The molecule has 0 amide bonds. The summed E-state index contributed by atoms with van der Waals surface area (Å²) in [5, 5.41) is 0. The van der Waals surface area contributed by atoms with Crippen molar-refractivity contribution >= 4 is 17.3 Å². The largest absolute Gasteiger partial charge is 0.299 e. The number of rotatable bonds is 3. The summed E-state index contributed by atoms with van der Waals surface area (Å²) in [5.74, 6) is 0.0169. The highest BCUT2D eigenvalue weighted by Gasteiger charge is 2.31. The van der Waals surface area contributed by atoms with E-state index in [1.165, 1.54) is 5.56 Å².